The number of fused-ring (bicyclic) bond motifs is 2. The molecule has 164 valence electrons. The van der Waals surface area contributed by atoms with Gasteiger partial charge in [-0.1, -0.05) is 0 Å². The first-order chi connectivity index (χ1) is 13.8. The number of carbonyl (C=O) groups is 2. The molecule has 4 N–H and O–H groups in total. The Labute approximate surface area is 168 Å². The van der Waals surface area contributed by atoms with Crippen LogP contribution in [0.4, 0.5) is 4.79 Å². The zero-order chi connectivity index (χ0) is 20.6. The summed E-state index contributed by atoms with van der Waals surface area (Å²) in [5, 5.41) is 7.30. The minimum atomic E-state index is -4.81. The molecule has 0 aliphatic carbocycles. The Kier molecular flexibility index (Phi) is 5.92. The lowest BCUT2D eigenvalue weighted by Gasteiger charge is -2.29. The lowest BCUT2D eigenvalue weighted by atomic mass is 10.0. The molecule has 4 rings (SSSR count). The number of rotatable bonds is 7. The number of nitrogens with one attached hydrogen (secondary N) is 3. The zero-order valence-corrected chi connectivity index (χ0v) is 16.6. The molecule has 4 heterocycles. The van der Waals surface area contributed by atoms with E-state index in [2.05, 4.69) is 25.3 Å². The lowest BCUT2D eigenvalue weighted by molar-refractivity contribution is -0.139. The molecule has 0 aromatic rings. The smallest absolute Gasteiger partial charge is 0.310 e. The molecule has 14 heteroatoms. The first kappa shape index (κ1) is 20.7. The van der Waals surface area contributed by atoms with E-state index < -0.39 is 34.4 Å². The van der Waals surface area contributed by atoms with Gasteiger partial charge in [0.05, 0.1) is 12.6 Å². The molecule has 4 saturated heterocycles. The summed E-state index contributed by atoms with van der Waals surface area (Å²) in [6, 6.07) is -1.52. The van der Waals surface area contributed by atoms with E-state index in [1.807, 2.05) is 0 Å². The van der Waals surface area contributed by atoms with Crippen LogP contribution in [0.2, 0.25) is 0 Å². The van der Waals surface area contributed by atoms with E-state index in [9.17, 15) is 18.0 Å². The van der Waals surface area contributed by atoms with Gasteiger partial charge in [-0.05, 0) is 19.3 Å². The average Bonchev–Trinajstić information content (AvgIpc) is 3.39. The second-order valence-corrected chi connectivity index (χ2v) is 8.76. The summed E-state index contributed by atoms with van der Waals surface area (Å²) in [5.41, 5.74) is 2.40. The predicted molar refractivity (Wildman–Crippen MR) is 97.3 cm³/mol. The minimum Gasteiger partial charge on any atom is -0.310 e. The molecule has 2 unspecified atom stereocenters. The van der Waals surface area contributed by atoms with Gasteiger partial charge >= 0.3 is 16.4 Å². The fraction of sp³-hybridized carbons (Fsp3) is 0.867. The third kappa shape index (κ3) is 4.63. The maximum atomic E-state index is 12.5. The van der Waals surface area contributed by atoms with E-state index >= 15 is 0 Å². The molecule has 0 aromatic heterocycles. The Morgan fingerprint density at radius 1 is 1.31 bits per heavy atom. The Balaban J connectivity index is 1.23. The zero-order valence-electron chi connectivity index (χ0n) is 15.8. The van der Waals surface area contributed by atoms with Crippen LogP contribution in [0.5, 0.6) is 0 Å². The summed E-state index contributed by atoms with van der Waals surface area (Å²) in [7, 11) is -4.81. The molecular formula is C15H26N6O7S. The van der Waals surface area contributed by atoms with Crippen LogP contribution in [-0.4, -0.2) is 103 Å². The van der Waals surface area contributed by atoms with E-state index in [1.165, 1.54) is 4.90 Å². The van der Waals surface area contributed by atoms with Crippen LogP contribution in [0.25, 0.3) is 0 Å². The summed E-state index contributed by atoms with van der Waals surface area (Å²) in [4.78, 5) is 33.8. The van der Waals surface area contributed by atoms with Crippen molar-refractivity contribution in [1.29, 1.82) is 0 Å². The van der Waals surface area contributed by atoms with Crippen molar-refractivity contribution in [3.8, 4) is 0 Å². The fourth-order valence-corrected chi connectivity index (χ4v) is 4.81. The van der Waals surface area contributed by atoms with Crippen LogP contribution in [0.3, 0.4) is 0 Å². The summed E-state index contributed by atoms with van der Waals surface area (Å²) in [5.74, 6) is -0.469. The van der Waals surface area contributed by atoms with Gasteiger partial charge < -0.3 is 15.5 Å². The number of hydrogen-bond acceptors (Lipinski definition) is 9. The monoisotopic (exact) mass is 434 g/mol. The Hall–Kier alpha value is -1.55. The first-order valence-electron chi connectivity index (χ1n) is 9.68. The van der Waals surface area contributed by atoms with Gasteiger partial charge in [-0.3, -0.25) is 19.1 Å². The Morgan fingerprint density at radius 3 is 2.86 bits per heavy atom. The van der Waals surface area contributed by atoms with Gasteiger partial charge in [0, 0.05) is 44.9 Å². The van der Waals surface area contributed by atoms with E-state index in [-0.39, 0.29) is 12.6 Å². The van der Waals surface area contributed by atoms with E-state index in [0.29, 0.717) is 30.6 Å². The maximum absolute atomic E-state index is 12.5. The first-order valence-corrected chi connectivity index (χ1v) is 11.0. The van der Waals surface area contributed by atoms with Gasteiger partial charge in [0.2, 0.25) is 0 Å². The van der Waals surface area contributed by atoms with Crippen molar-refractivity contribution in [3.05, 3.63) is 0 Å². The third-order valence-electron chi connectivity index (χ3n) is 5.86. The molecule has 4 aliphatic heterocycles. The highest BCUT2D eigenvalue weighted by atomic mass is 32.3. The number of hydrogen-bond donors (Lipinski definition) is 4. The minimum absolute atomic E-state index is 0.128. The summed E-state index contributed by atoms with van der Waals surface area (Å²) in [6.07, 6.45) is 1.63. The highest BCUT2D eigenvalue weighted by Gasteiger charge is 2.49. The lowest BCUT2D eigenvalue weighted by Crippen LogP contribution is -2.50. The summed E-state index contributed by atoms with van der Waals surface area (Å²) < 4.78 is 35.0. The third-order valence-corrected chi connectivity index (χ3v) is 6.21. The van der Waals surface area contributed by atoms with Crippen molar-refractivity contribution in [2.24, 2.45) is 0 Å². The number of carbonyl (C=O) groups excluding carboxylic acids is 2. The van der Waals surface area contributed by atoms with Crippen molar-refractivity contribution in [2.75, 3.05) is 39.5 Å². The molecule has 2 bridgehead atoms. The number of nitrogens with zero attached hydrogens (tertiary/aromatic N) is 3. The van der Waals surface area contributed by atoms with Gasteiger partial charge in [0.15, 0.2) is 0 Å². The molecule has 0 saturated carbocycles. The van der Waals surface area contributed by atoms with Crippen molar-refractivity contribution in [1.82, 2.24) is 31.0 Å². The number of amides is 3. The van der Waals surface area contributed by atoms with Gasteiger partial charge in [-0.15, -0.1) is 4.28 Å². The summed E-state index contributed by atoms with van der Waals surface area (Å²) in [6.45, 7) is 4.24. The SMILES string of the molecule is O=C(NOC[C@H]1C[C@H](N2CCNC2)CN1)C1CCC2CN1C(=O)N2OS(=O)(=O)O. The highest BCUT2D eigenvalue weighted by Crippen LogP contribution is 2.30. The maximum Gasteiger partial charge on any atom is 0.418 e. The highest BCUT2D eigenvalue weighted by molar-refractivity contribution is 7.80. The Bertz CT molecular complexity index is 745. The second-order valence-electron chi connectivity index (χ2n) is 7.75. The molecule has 4 aliphatic rings. The van der Waals surface area contributed by atoms with Crippen LogP contribution >= 0.6 is 0 Å². The molecule has 4 fully saturated rings. The van der Waals surface area contributed by atoms with Crippen molar-refractivity contribution < 1.29 is 31.7 Å². The van der Waals surface area contributed by atoms with Gasteiger partial charge in [-0.25, -0.2) is 10.3 Å². The van der Waals surface area contributed by atoms with Gasteiger partial charge in [0.25, 0.3) is 5.91 Å². The van der Waals surface area contributed by atoms with Gasteiger partial charge in [0.1, 0.15) is 6.04 Å². The van der Waals surface area contributed by atoms with Crippen LogP contribution in [-0.2, 0) is 24.3 Å². The molecule has 0 aromatic carbocycles. The molecule has 3 amide bonds. The van der Waals surface area contributed by atoms with Gasteiger partial charge in [-0.2, -0.15) is 13.5 Å². The number of piperidine rings is 1. The molecule has 0 radical (unpaired) electrons. The van der Waals surface area contributed by atoms with Crippen molar-refractivity contribution in [2.45, 2.75) is 43.4 Å². The normalized spacial score (nSPS) is 32.9. The molecule has 4 atom stereocenters. The average molecular weight is 434 g/mol. The number of urea groups is 1. The standard InChI is InChI=1S/C15H26N6O7S/c22-14(18-27-8-10-5-12(6-17-10)19-4-3-16-9-19)13-2-1-11-7-20(13)15(23)21(11)28-29(24,25)26/h10-13,16-17H,1-9H2,(H,18,22)(H,24,25,26)/t10-,11?,12+,13?/m1/s1. The van der Waals surface area contributed by atoms with Crippen LogP contribution < -0.4 is 16.1 Å². The predicted octanol–water partition coefficient (Wildman–Crippen LogP) is -2.37. The van der Waals surface area contributed by atoms with Crippen molar-refractivity contribution in [3.63, 3.8) is 0 Å². The Morgan fingerprint density at radius 2 is 2.14 bits per heavy atom. The van der Waals surface area contributed by atoms with E-state index in [0.717, 1.165) is 32.7 Å². The van der Waals surface area contributed by atoms with Crippen molar-refractivity contribution >= 4 is 22.3 Å². The van der Waals surface area contributed by atoms with E-state index in [1.54, 1.807) is 0 Å². The topological polar surface area (TPSA) is 153 Å². The molecule has 13 nitrogen and oxygen atoms in total. The fourth-order valence-electron chi connectivity index (χ4n) is 4.42. The molecule has 29 heavy (non-hydrogen) atoms. The molecule has 0 spiro atoms. The quantitative estimate of drug-likeness (QED) is 0.253. The van der Waals surface area contributed by atoms with Crippen LogP contribution in [0.15, 0.2) is 0 Å². The molecular weight excluding hydrogens is 408 g/mol. The van der Waals surface area contributed by atoms with Crippen LogP contribution in [0, 0.1) is 0 Å². The summed E-state index contributed by atoms with van der Waals surface area (Å²) >= 11 is 0. The number of hydroxylamine groups is 3. The van der Waals surface area contributed by atoms with Crippen LogP contribution in [0.1, 0.15) is 19.3 Å². The van der Waals surface area contributed by atoms with E-state index in [4.69, 9.17) is 9.39 Å². The second kappa shape index (κ2) is 8.29. The largest absolute Gasteiger partial charge is 0.418 e.